The number of rotatable bonds is 6. The highest BCUT2D eigenvalue weighted by Gasteiger charge is 2.37. The number of hydrogen-bond acceptors (Lipinski definition) is 7. The van der Waals surface area contributed by atoms with Crippen LogP contribution in [0, 0.1) is 3.57 Å². The summed E-state index contributed by atoms with van der Waals surface area (Å²) in [6.45, 7) is 0. The van der Waals surface area contributed by atoms with Gasteiger partial charge in [0.25, 0.3) is 0 Å². The SMILES string of the molecule is COC(=O)C(OC(=O)Cc1ccccc1I)[C@@H](O)C(=O)OC. The van der Waals surface area contributed by atoms with Gasteiger partial charge < -0.3 is 19.3 Å². The highest BCUT2D eigenvalue weighted by molar-refractivity contribution is 14.1. The summed E-state index contributed by atoms with van der Waals surface area (Å²) in [4.78, 5) is 34.8. The molecule has 7 nitrogen and oxygen atoms in total. The molecule has 0 bridgehead atoms. The van der Waals surface area contributed by atoms with Gasteiger partial charge in [0.2, 0.25) is 6.10 Å². The topological polar surface area (TPSA) is 99.1 Å². The molecule has 0 aromatic heterocycles. The van der Waals surface area contributed by atoms with Gasteiger partial charge in [-0.2, -0.15) is 0 Å². The first-order valence-electron chi connectivity index (χ1n) is 6.17. The first-order valence-corrected chi connectivity index (χ1v) is 7.25. The Morgan fingerprint density at radius 1 is 1.14 bits per heavy atom. The van der Waals surface area contributed by atoms with Crippen LogP contribution in [-0.2, 0) is 35.0 Å². The van der Waals surface area contributed by atoms with Gasteiger partial charge in [0.05, 0.1) is 20.6 Å². The monoisotopic (exact) mass is 422 g/mol. The summed E-state index contributed by atoms with van der Waals surface area (Å²) < 4.78 is 14.5. The third kappa shape index (κ3) is 4.95. The largest absolute Gasteiger partial charge is 0.467 e. The molecule has 0 fully saturated rings. The molecule has 0 saturated heterocycles. The summed E-state index contributed by atoms with van der Waals surface area (Å²) in [6, 6.07) is 7.11. The summed E-state index contributed by atoms with van der Waals surface area (Å²) in [5, 5.41) is 9.69. The minimum absolute atomic E-state index is 0.111. The molecule has 0 radical (unpaired) electrons. The van der Waals surface area contributed by atoms with Gasteiger partial charge >= 0.3 is 17.9 Å². The van der Waals surface area contributed by atoms with E-state index in [0.29, 0.717) is 5.56 Å². The summed E-state index contributed by atoms with van der Waals surface area (Å²) in [5.74, 6) is -2.92. The molecule has 2 atom stereocenters. The van der Waals surface area contributed by atoms with Crippen LogP contribution in [0.15, 0.2) is 24.3 Å². The van der Waals surface area contributed by atoms with E-state index in [2.05, 4.69) is 32.1 Å². The lowest BCUT2D eigenvalue weighted by atomic mass is 10.1. The number of halogens is 1. The zero-order valence-corrected chi connectivity index (χ0v) is 14.1. The van der Waals surface area contributed by atoms with Gasteiger partial charge in [-0.15, -0.1) is 0 Å². The maximum Gasteiger partial charge on any atom is 0.350 e. The van der Waals surface area contributed by atoms with Crippen molar-refractivity contribution in [2.24, 2.45) is 0 Å². The fourth-order valence-electron chi connectivity index (χ4n) is 1.58. The fourth-order valence-corrected chi connectivity index (χ4v) is 2.16. The molecular weight excluding hydrogens is 407 g/mol. The molecular formula is C14H15IO7. The summed E-state index contributed by atoms with van der Waals surface area (Å²) >= 11 is 2.06. The van der Waals surface area contributed by atoms with Crippen LogP contribution in [0.3, 0.4) is 0 Å². The number of aliphatic hydroxyl groups is 1. The molecule has 0 amide bonds. The zero-order chi connectivity index (χ0) is 16.7. The molecule has 0 spiro atoms. The second-order valence-electron chi connectivity index (χ2n) is 4.17. The number of benzene rings is 1. The Balaban J connectivity index is 2.81. The average Bonchev–Trinajstić information content (AvgIpc) is 2.52. The van der Waals surface area contributed by atoms with Crippen molar-refractivity contribution >= 4 is 40.5 Å². The van der Waals surface area contributed by atoms with Crippen molar-refractivity contribution in [1.29, 1.82) is 0 Å². The minimum atomic E-state index is -1.95. The number of carbonyl (C=O) groups excluding carboxylic acids is 3. The first kappa shape index (κ1) is 18.4. The molecule has 8 heteroatoms. The predicted octanol–water partition coefficient (Wildman–Crippen LogP) is 0.452. The average molecular weight is 422 g/mol. The van der Waals surface area contributed by atoms with Crippen molar-refractivity contribution in [2.45, 2.75) is 18.6 Å². The molecule has 0 aliphatic rings. The third-order valence-corrected chi connectivity index (χ3v) is 3.77. The molecule has 0 saturated carbocycles. The molecule has 22 heavy (non-hydrogen) atoms. The van der Waals surface area contributed by atoms with Crippen LogP contribution in [0.2, 0.25) is 0 Å². The van der Waals surface area contributed by atoms with Crippen molar-refractivity contribution in [1.82, 2.24) is 0 Å². The standard InChI is InChI=1S/C14H15IO7/c1-20-13(18)11(17)12(14(19)21-2)22-10(16)7-8-5-3-4-6-9(8)15/h3-6,11-12,17H,7H2,1-2H3/t11-,12?/m1/s1. The van der Waals surface area contributed by atoms with Crippen LogP contribution >= 0.6 is 22.6 Å². The minimum Gasteiger partial charge on any atom is -0.467 e. The van der Waals surface area contributed by atoms with Crippen molar-refractivity contribution in [3.8, 4) is 0 Å². The van der Waals surface area contributed by atoms with Crippen LogP contribution < -0.4 is 0 Å². The van der Waals surface area contributed by atoms with Crippen molar-refractivity contribution < 1.29 is 33.7 Å². The van der Waals surface area contributed by atoms with Gasteiger partial charge in [0.1, 0.15) is 0 Å². The van der Waals surface area contributed by atoms with E-state index in [0.717, 1.165) is 17.8 Å². The molecule has 1 aromatic carbocycles. The Hall–Kier alpha value is -1.68. The van der Waals surface area contributed by atoms with E-state index in [9.17, 15) is 19.5 Å². The predicted molar refractivity (Wildman–Crippen MR) is 82.8 cm³/mol. The smallest absolute Gasteiger partial charge is 0.350 e. The lowest BCUT2D eigenvalue weighted by Gasteiger charge is -2.19. The number of ether oxygens (including phenoxy) is 3. The van der Waals surface area contributed by atoms with E-state index in [1.54, 1.807) is 12.1 Å². The first-order chi connectivity index (χ1) is 10.4. The maximum atomic E-state index is 11.9. The fraction of sp³-hybridized carbons (Fsp3) is 0.357. The second kappa shape index (κ2) is 8.69. The Bertz CT molecular complexity index is 558. The maximum absolute atomic E-state index is 11.9. The van der Waals surface area contributed by atoms with Crippen LogP contribution in [0.25, 0.3) is 0 Å². The van der Waals surface area contributed by atoms with Gasteiger partial charge in [-0.05, 0) is 34.2 Å². The second-order valence-corrected chi connectivity index (χ2v) is 5.33. The van der Waals surface area contributed by atoms with Crippen molar-refractivity contribution in [3.63, 3.8) is 0 Å². The normalized spacial score (nSPS) is 12.9. The Morgan fingerprint density at radius 2 is 1.73 bits per heavy atom. The van der Waals surface area contributed by atoms with Crippen LogP contribution in [0.5, 0.6) is 0 Å². The van der Waals surface area contributed by atoms with E-state index >= 15 is 0 Å². The number of carbonyl (C=O) groups is 3. The van der Waals surface area contributed by atoms with Crippen LogP contribution in [-0.4, -0.2) is 49.4 Å². The molecule has 1 unspecified atom stereocenters. The number of aliphatic hydroxyl groups excluding tert-OH is 1. The molecule has 0 aliphatic heterocycles. The molecule has 1 aromatic rings. The van der Waals surface area contributed by atoms with Crippen molar-refractivity contribution in [3.05, 3.63) is 33.4 Å². The zero-order valence-electron chi connectivity index (χ0n) is 11.9. The van der Waals surface area contributed by atoms with Gasteiger partial charge in [-0.1, -0.05) is 18.2 Å². The summed E-state index contributed by atoms with van der Waals surface area (Å²) in [5.41, 5.74) is 0.698. The van der Waals surface area contributed by atoms with Crippen LogP contribution in [0.4, 0.5) is 0 Å². The van der Waals surface area contributed by atoms with Crippen LogP contribution in [0.1, 0.15) is 5.56 Å². The lowest BCUT2D eigenvalue weighted by molar-refractivity contribution is -0.181. The molecule has 0 aliphatic carbocycles. The molecule has 0 heterocycles. The molecule has 1 rings (SSSR count). The quantitative estimate of drug-likeness (QED) is 0.404. The Kier molecular flexibility index (Phi) is 7.25. The van der Waals surface area contributed by atoms with Gasteiger partial charge in [-0.25, -0.2) is 9.59 Å². The molecule has 120 valence electrons. The van der Waals surface area contributed by atoms with E-state index < -0.39 is 30.1 Å². The highest BCUT2D eigenvalue weighted by atomic mass is 127. The number of methoxy groups -OCH3 is 2. The third-order valence-electron chi connectivity index (χ3n) is 2.71. The summed E-state index contributed by atoms with van der Waals surface area (Å²) in [6.07, 6.45) is -3.83. The lowest BCUT2D eigenvalue weighted by Crippen LogP contribution is -2.44. The van der Waals surface area contributed by atoms with Crippen molar-refractivity contribution in [2.75, 3.05) is 14.2 Å². The van der Waals surface area contributed by atoms with Gasteiger partial charge in [0.15, 0.2) is 6.10 Å². The van der Waals surface area contributed by atoms with E-state index in [1.807, 2.05) is 12.1 Å². The summed E-state index contributed by atoms with van der Waals surface area (Å²) in [7, 11) is 2.08. The van der Waals surface area contributed by atoms with E-state index in [1.165, 1.54) is 0 Å². The Labute approximate surface area is 140 Å². The van der Waals surface area contributed by atoms with Gasteiger partial charge in [0, 0.05) is 3.57 Å². The van der Waals surface area contributed by atoms with E-state index in [-0.39, 0.29) is 6.42 Å². The Morgan fingerprint density at radius 3 is 2.27 bits per heavy atom. The van der Waals surface area contributed by atoms with E-state index in [4.69, 9.17) is 4.74 Å². The molecule has 1 N–H and O–H groups in total. The number of esters is 3. The number of hydrogen-bond donors (Lipinski definition) is 1. The highest BCUT2D eigenvalue weighted by Crippen LogP contribution is 2.14. The van der Waals surface area contributed by atoms with Gasteiger partial charge in [-0.3, -0.25) is 4.79 Å².